The van der Waals surface area contributed by atoms with Crippen molar-refractivity contribution in [3.8, 4) is 17.0 Å². The Hall–Kier alpha value is -2.50. The number of hydrogen-bond donors (Lipinski definition) is 3. The van der Waals surface area contributed by atoms with E-state index in [4.69, 9.17) is 4.74 Å². The molecule has 0 saturated carbocycles. The Morgan fingerprint density at radius 2 is 2.11 bits per heavy atom. The van der Waals surface area contributed by atoms with Gasteiger partial charge in [-0.1, -0.05) is 0 Å². The van der Waals surface area contributed by atoms with E-state index in [9.17, 15) is 9.59 Å². The average molecular weight is 261 g/mol. The van der Waals surface area contributed by atoms with Crippen molar-refractivity contribution < 1.29 is 9.53 Å². The van der Waals surface area contributed by atoms with Crippen molar-refractivity contribution in [2.75, 3.05) is 11.9 Å². The first-order valence-corrected chi connectivity index (χ1v) is 5.92. The molecule has 0 aliphatic rings. The maximum absolute atomic E-state index is 11.2. The lowest BCUT2D eigenvalue weighted by Gasteiger charge is -2.11. The number of H-pyrrole nitrogens is 2. The number of rotatable bonds is 4. The maximum atomic E-state index is 11.2. The van der Waals surface area contributed by atoms with Gasteiger partial charge in [0.1, 0.15) is 5.75 Å². The summed E-state index contributed by atoms with van der Waals surface area (Å²) in [7, 11) is 0. The van der Waals surface area contributed by atoms with Gasteiger partial charge in [0, 0.05) is 18.6 Å². The summed E-state index contributed by atoms with van der Waals surface area (Å²) in [6.45, 7) is 3.81. The molecule has 0 aliphatic heterocycles. The van der Waals surface area contributed by atoms with Crippen molar-refractivity contribution in [3.63, 3.8) is 0 Å². The number of benzene rings is 1. The Balaban J connectivity index is 2.42. The number of aromatic nitrogens is 2. The molecule has 2 aromatic rings. The Morgan fingerprint density at radius 3 is 2.68 bits per heavy atom. The van der Waals surface area contributed by atoms with Crippen LogP contribution >= 0.6 is 0 Å². The van der Waals surface area contributed by atoms with E-state index in [-0.39, 0.29) is 11.5 Å². The second kappa shape index (κ2) is 5.43. The molecule has 0 unspecified atom stereocenters. The van der Waals surface area contributed by atoms with Gasteiger partial charge in [-0.25, -0.2) is 0 Å². The normalized spacial score (nSPS) is 10.2. The summed E-state index contributed by atoms with van der Waals surface area (Å²) in [5, 5.41) is 7.94. The number of anilines is 1. The van der Waals surface area contributed by atoms with E-state index in [1.165, 1.54) is 13.0 Å². The molecular formula is C13H15N3O3. The fraction of sp³-hybridized carbons (Fsp3) is 0.231. The topological polar surface area (TPSA) is 87.0 Å². The third-order valence-corrected chi connectivity index (χ3v) is 2.50. The molecule has 1 heterocycles. The van der Waals surface area contributed by atoms with Gasteiger partial charge in [-0.05, 0) is 25.1 Å². The largest absolute Gasteiger partial charge is 0.492 e. The number of hydrogen-bond acceptors (Lipinski definition) is 3. The standard InChI is InChI=1S/C13H15N3O3/c1-3-19-12-5-4-9(6-11(12)14-8(2)17)10-7-13(18)16-15-10/h4-7H,3H2,1-2H3,(H,14,17)(H2,15,16,18). The lowest BCUT2D eigenvalue weighted by molar-refractivity contribution is -0.114. The number of amides is 1. The van der Waals surface area contributed by atoms with Gasteiger partial charge >= 0.3 is 0 Å². The Labute approximate surface area is 109 Å². The van der Waals surface area contributed by atoms with E-state index in [1.54, 1.807) is 12.1 Å². The number of carbonyl (C=O) groups excluding carboxylic acids is 1. The zero-order valence-corrected chi connectivity index (χ0v) is 10.7. The minimum atomic E-state index is -0.204. The van der Waals surface area contributed by atoms with Gasteiger partial charge in [0.05, 0.1) is 18.0 Å². The molecule has 0 fully saturated rings. The van der Waals surface area contributed by atoms with Crippen molar-refractivity contribution in [3.05, 3.63) is 34.6 Å². The first-order chi connectivity index (χ1) is 9.10. The highest BCUT2D eigenvalue weighted by Crippen LogP contribution is 2.29. The van der Waals surface area contributed by atoms with Crippen molar-refractivity contribution >= 4 is 11.6 Å². The van der Waals surface area contributed by atoms with Crippen LogP contribution in [0.1, 0.15) is 13.8 Å². The zero-order chi connectivity index (χ0) is 13.8. The SMILES string of the molecule is CCOc1ccc(-c2cc(=O)[nH][nH]2)cc1NC(C)=O. The van der Waals surface area contributed by atoms with E-state index < -0.39 is 0 Å². The third kappa shape index (κ3) is 3.04. The lowest BCUT2D eigenvalue weighted by Crippen LogP contribution is -2.08. The second-order valence-electron chi connectivity index (χ2n) is 4.00. The minimum absolute atomic E-state index is 0.180. The quantitative estimate of drug-likeness (QED) is 0.783. The van der Waals surface area contributed by atoms with Crippen LogP contribution in [-0.2, 0) is 4.79 Å². The highest BCUT2D eigenvalue weighted by atomic mass is 16.5. The van der Waals surface area contributed by atoms with Crippen LogP contribution in [0.3, 0.4) is 0 Å². The molecule has 1 amide bonds. The summed E-state index contributed by atoms with van der Waals surface area (Å²) in [6, 6.07) is 6.78. The van der Waals surface area contributed by atoms with Crippen molar-refractivity contribution in [1.82, 2.24) is 10.2 Å². The van der Waals surface area contributed by atoms with Gasteiger partial charge in [-0.3, -0.25) is 19.8 Å². The van der Waals surface area contributed by atoms with Crippen LogP contribution in [0.15, 0.2) is 29.1 Å². The third-order valence-electron chi connectivity index (χ3n) is 2.50. The molecule has 0 spiro atoms. The summed E-state index contributed by atoms with van der Waals surface area (Å²) in [4.78, 5) is 22.3. The minimum Gasteiger partial charge on any atom is -0.492 e. The first-order valence-electron chi connectivity index (χ1n) is 5.92. The number of carbonyl (C=O) groups is 1. The molecule has 0 radical (unpaired) electrons. The van der Waals surface area contributed by atoms with E-state index in [0.29, 0.717) is 23.7 Å². The molecule has 0 bridgehead atoms. The smallest absolute Gasteiger partial charge is 0.264 e. The van der Waals surface area contributed by atoms with Crippen LogP contribution in [0.4, 0.5) is 5.69 Å². The number of ether oxygens (including phenoxy) is 1. The molecule has 2 rings (SSSR count). The highest BCUT2D eigenvalue weighted by Gasteiger charge is 2.09. The van der Waals surface area contributed by atoms with Crippen molar-refractivity contribution in [2.45, 2.75) is 13.8 Å². The molecular weight excluding hydrogens is 246 g/mol. The summed E-state index contributed by atoms with van der Waals surface area (Å²) >= 11 is 0. The van der Waals surface area contributed by atoms with Gasteiger partial charge in [0.2, 0.25) is 5.91 Å². The summed E-state index contributed by atoms with van der Waals surface area (Å²) in [5.41, 5.74) is 1.81. The van der Waals surface area contributed by atoms with Crippen LogP contribution in [0, 0.1) is 0 Å². The van der Waals surface area contributed by atoms with Crippen molar-refractivity contribution in [2.24, 2.45) is 0 Å². The lowest BCUT2D eigenvalue weighted by atomic mass is 10.1. The van der Waals surface area contributed by atoms with Crippen LogP contribution in [0.2, 0.25) is 0 Å². The molecule has 0 atom stereocenters. The van der Waals surface area contributed by atoms with E-state index in [1.807, 2.05) is 13.0 Å². The van der Waals surface area contributed by atoms with Gasteiger partial charge in [-0.2, -0.15) is 0 Å². The first kappa shape index (κ1) is 12.9. The Morgan fingerprint density at radius 1 is 1.32 bits per heavy atom. The predicted octanol–water partition coefficient (Wildman–Crippen LogP) is 1.73. The van der Waals surface area contributed by atoms with E-state index in [2.05, 4.69) is 15.5 Å². The summed E-state index contributed by atoms with van der Waals surface area (Å²) in [6.07, 6.45) is 0. The Kier molecular flexibility index (Phi) is 3.70. The van der Waals surface area contributed by atoms with Crippen LogP contribution < -0.4 is 15.6 Å². The molecule has 19 heavy (non-hydrogen) atoms. The molecule has 1 aromatic carbocycles. The van der Waals surface area contributed by atoms with Gasteiger partial charge < -0.3 is 10.1 Å². The number of aromatic amines is 2. The molecule has 100 valence electrons. The predicted molar refractivity (Wildman–Crippen MR) is 72.3 cm³/mol. The number of nitrogens with one attached hydrogen (secondary N) is 3. The van der Waals surface area contributed by atoms with Crippen LogP contribution in [0.5, 0.6) is 5.75 Å². The van der Waals surface area contributed by atoms with Gasteiger partial charge in [-0.15, -0.1) is 0 Å². The van der Waals surface area contributed by atoms with Gasteiger partial charge in [0.15, 0.2) is 0 Å². The molecule has 0 saturated heterocycles. The molecule has 0 aliphatic carbocycles. The Bertz CT molecular complexity index is 643. The fourth-order valence-corrected chi connectivity index (χ4v) is 1.75. The highest BCUT2D eigenvalue weighted by molar-refractivity contribution is 5.91. The monoisotopic (exact) mass is 261 g/mol. The second-order valence-corrected chi connectivity index (χ2v) is 4.00. The maximum Gasteiger partial charge on any atom is 0.264 e. The van der Waals surface area contributed by atoms with E-state index in [0.717, 1.165) is 5.56 Å². The van der Waals surface area contributed by atoms with E-state index >= 15 is 0 Å². The average Bonchev–Trinajstić information content (AvgIpc) is 2.78. The van der Waals surface area contributed by atoms with Gasteiger partial charge in [0.25, 0.3) is 5.56 Å². The molecule has 6 heteroatoms. The van der Waals surface area contributed by atoms with Crippen molar-refractivity contribution in [1.29, 1.82) is 0 Å². The fourth-order valence-electron chi connectivity index (χ4n) is 1.75. The molecule has 6 nitrogen and oxygen atoms in total. The summed E-state index contributed by atoms with van der Waals surface area (Å²) in [5.74, 6) is 0.417. The molecule has 1 aromatic heterocycles. The van der Waals surface area contributed by atoms with Crippen LogP contribution in [-0.4, -0.2) is 22.7 Å². The van der Waals surface area contributed by atoms with Crippen LogP contribution in [0.25, 0.3) is 11.3 Å². The summed E-state index contributed by atoms with van der Waals surface area (Å²) < 4.78 is 5.44. The zero-order valence-electron chi connectivity index (χ0n) is 10.7. The molecule has 3 N–H and O–H groups in total.